The van der Waals surface area contributed by atoms with Gasteiger partial charge in [0.1, 0.15) is 0 Å². The quantitative estimate of drug-likeness (QED) is 0.386. The Morgan fingerprint density at radius 3 is 1.11 bits per heavy atom. The number of alkyl halides is 10. The Bertz CT molecular complexity index is 435. The van der Waals surface area contributed by atoms with E-state index in [1.54, 1.807) is 0 Å². The summed E-state index contributed by atoms with van der Waals surface area (Å²) in [5, 5.41) is 0. The summed E-state index contributed by atoms with van der Waals surface area (Å²) in [4.78, 5) is 0. The van der Waals surface area contributed by atoms with Crippen molar-refractivity contribution in [3.8, 4) is 0 Å². The average molecular weight is 438 g/mol. The van der Waals surface area contributed by atoms with E-state index in [-0.39, 0.29) is 12.4 Å². The van der Waals surface area contributed by atoms with Crippen LogP contribution < -0.4 is 0 Å². The molecular formula is C12H9F15. The van der Waals surface area contributed by atoms with Crippen molar-refractivity contribution in [1.82, 2.24) is 0 Å². The van der Waals surface area contributed by atoms with Crippen molar-refractivity contribution in [2.45, 2.75) is 25.2 Å². The second-order valence-corrected chi connectivity index (χ2v) is 3.18. The molecule has 15 heteroatoms. The highest BCUT2D eigenvalue weighted by molar-refractivity contribution is 4.88. The van der Waals surface area contributed by atoms with E-state index in [1.807, 2.05) is 6.58 Å². The lowest BCUT2D eigenvalue weighted by molar-refractivity contribution is -0.108. The first kappa shape index (κ1) is 32.6. The van der Waals surface area contributed by atoms with Gasteiger partial charge in [0.2, 0.25) is 0 Å². The van der Waals surface area contributed by atoms with Gasteiger partial charge in [-0.1, -0.05) is 6.58 Å². The highest BCUT2D eigenvalue weighted by Gasteiger charge is 2.32. The molecule has 0 fully saturated rings. The zero-order valence-corrected chi connectivity index (χ0v) is 12.4. The summed E-state index contributed by atoms with van der Waals surface area (Å²) in [7, 11) is 0. The Morgan fingerprint density at radius 2 is 1.11 bits per heavy atom. The van der Waals surface area contributed by atoms with Gasteiger partial charge in [0.25, 0.3) is 18.9 Å². The van der Waals surface area contributed by atoms with Crippen molar-refractivity contribution in [1.29, 1.82) is 0 Å². The third-order valence-electron chi connectivity index (χ3n) is 1.03. The number of allylic oxidation sites excluding steroid dienone is 4. The molecule has 0 saturated heterocycles. The molecule has 0 aromatic rings. The van der Waals surface area contributed by atoms with Gasteiger partial charge < -0.3 is 0 Å². The maximum Gasteiger partial charge on any atom is 0.442 e. The smallest absolute Gasteiger partial charge is 0.216 e. The van der Waals surface area contributed by atoms with Crippen molar-refractivity contribution >= 4 is 0 Å². The summed E-state index contributed by atoms with van der Waals surface area (Å²) in [6.07, 6.45) is -18.8. The van der Waals surface area contributed by atoms with Crippen molar-refractivity contribution < 1.29 is 65.9 Å². The van der Waals surface area contributed by atoms with Gasteiger partial charge in [-0.25, -0.2) is 30.7 Å². The molecule has 0 aliphatic carbocycles. The van der Waals surface area contributed by atoms with Crippen molar-refractivity contribution in [3.05, 3.63) is 49.4 Å². The summed E-state index contributed by atoms with van der Waals surface area (Å²) < 4.78 is 161. The highest BCUT2D eigenvalue weighted by Crippen LogP contribution is 2.23. The fourth-order valence-electron chi connectivity index (χ4n) is 0.222. The van der Waals surface area contributed by atoms with Gasteiger partial charge in [0, 0.05) is 18.2 Å². The van der Waals surface area contributed by atoms with E-state index in [2.05, 4.69) is 0 Å². The summed E-state index contributed by atoms with van der Waals surface area (Å²) in [5.74, 6) is -2.26. The summed E-state index contributed by atoms with van der Waals surface area (Å²) in [6.45, 7) is 2.03. The molecule has 0 aliphatic heterocycles. The van der Waals surface area contributed by atoms with Crippen LogP contribution >= 0.6 is 0 Å². The Morgan fingerprint density at radius 1 is 0.741 bits per heavy atom. The molecule has 0 nitrogen and oxygen atoms in total. The zero-order chi connectivity index (χ0) is 22.8. The van der Waals surface area contributed by atoms with Crippen LogP contribution in [0.4, 0.5) is 65.9 Å². The van der Waals surface area contributed by atoms with Gasteiger partial charge in [0.05, 0.1) is 12.7 Å². The molecule has 0 saturated carbocycles. The molecular weight excluding hydrogens is 429 g/mol. The molecule has 0 unspecified atom stereocenters. The molecule has 0 amide bonds. The SMILES string of the molecule is C=C(F)C(F)(F)F.FC(F)=CC(F)F.FC=CC(F)(F)F.FC=CC(F)F. The molecule has 0 aromatic carbocycles. The van der Waals surface area contributed by atoms with Crippen molar-refractivity contribution in [3.63, 3.8) is 0 Å². The normalized spacial score (nSPS) is 11.3. The van der Waals surface area contributed by atoms with Crippen LogP contribution in [0.2, 0.25) is 0 Å². The van der Waals surface area contributed by atoms with Gasteiger partial charge in [-0.05, 0) is 0 Å². The third kappa shape index (κ3) is 51.6. The van der Waals surface area contributed by atoms with Crippen LogP contribution in [0.25, 0.3) is 0 Å². The molecule has 0 rings (SSSR count). The van der Waals surface area contributed by atoms with Crippen LogP contribution in [0.3, 0.4) is 0 Å². The number of hydrogen-bond donors (Lipinski definition) is 0. The first-order valence-electron chi connectivity index (χ1n) is 5.52. The molecule has 162 valence electrons. The van der Waals surface area contributed by atoms with Crippen molar-refractivity contribution in [2.75, 3.05) is 0 Å². The average Bonchev–Trinajstić information content (AvgIpc) is 2.35. The number of halogens is 15. The minimum absolute atomic E-state index is 0.167. The number of hydrogen-bond acceptors (Lipinski definition) is 0. The number of rotatable bonds is 2. The molecule has 0 radical (unpaired) electrons. The summed E-state index contributed by atoms with van der Waals surface area (Å²) in [5.41, 5.74) is 0. The van der Waals surface area contributed by atoms with Crippen LogP contribution in [0.15, 0.2) is 49.4 Å². The minimum Gasteiger partial charge on any atom is -0.216 e. The predicted molar refractivity (Wildman–Crippen MR) is 65.2 cm³/mol. The lowest BCUT2D eigenvalue weighted by Crippen LogP contribution is -2.05. The summed E-state index contributed by atoms with van der Waals surface area (Å²) >= 11 is 0. The summed E-state index contributed by atoms with van der Waals surface area (Å²) in [6, 6.07) is 0. The molecule has 0 heterocycles. The Kier molecular flexibility index (Phi) is 20.9. The topological polar surface area (TPSA) is 0 Å². The molecule has 0 aromatic heterocycles. The van der Waals surface area contributed by atoms with Crippen LogP contribution in [0.1, 0.15) is 0 Å². The predicted octanol–water partition coefficient (Wildman–Crippen LogP) is 7.83. The van der Waals surface area contributed by atoms with Gasteiger partial charge in [-0.3, -0.25) is 0 Å². The van der Waals surface area contributed by atoms with Gasteiger partial charge in [-0.15, -0.1) is 0 Å². The largest absolute Gasteiger partial charge is 0.442 e. The fraction of sp³-hybridized carbons (Fsp3) is 0.333. The Labute approximate surface area is 141 Å². The molecule has 0 spiro atoms. The standard InChI is InChI=1S/3C3H2F4.C3H3F3/c1-2(4)3(5,6)7;4-2-1-3(5,6)7;4-2(5)1-3(6)7;4-2-1-3(5)6/h1H2;2*1-2H;1-3H. The Balaban J connectivity index is -0.000000131. The van der Waals surface area contributed by atoms with Gasteiger partial charge in [-0.2, -0.15) is 35.1 Å². The lowest BCUT2D eigenvalue weighted by Gasteiger charge is -1.97. The van der Waals surface area contributed by atoms with Gasteiger partial charge >= 0.3 is 12.4 Å². The molecule has 0 aliphatic rings. The van der Waals surface area contributed by atoms with E-state index in [1.165, 1.54) is 0 Å². The van der Waals surface area contributed by atoms with E-state index in [4.69, 9.17) is 0 Å². The van der Waals surface area contributed by atoms with Crippen LogP contribution in [-0.4, -0.2) is 25.2 Å². The van der Waals surface area contributed by atoms with Crippen LogP contribution in [-0.2, 0) is 0 Å². The van der Waals surface area contributed by atoms with E-state index in [9.17, 15) is 65.9 Å². The van der Waals surface area contributed by atoms with E-state index in [0.29, 0.717) is 0 Å². The minimum atomic E-state index is -4.86. The zero-order valence-electron chi connectivity index (χ0n) is 12.4. The first-order chi connectivity index (χ1) is 11.9. The van der Waals surface area contributed by atoms with E-state index < -0.39 is 55.6 Å². The second kappa shape index (κ2) is 17.3. The Hall–Kier alpha value is -2.09. The first-order valence-corrected chi connectivity index (χ1v) is 5.52. The lowest BCUT2D eigenvalue weighted by atomic mass is 10.6. The van der Waals surface area contributed by atoms with E-state index >= 15 is 0 Å². The third-order valence-corrected chi connectivity index (χ3v) is 1.03. The maximum absolute atomic E-state index is 10.9. The fourth-order valence-corrected chi connectivity index (χ4v) is 0.222. The molecule has 0 N–H and O–H groups in total. The van der Waals surface area contributed by atoms with E-state index in [0.717, 1.165) is 0 Å². The van der Waals surface area contributed by atoms with Crippen LogP contribution in [0.5, 0.6) is 0 Å². The molecule has 0 bridgehead atoms. The highest BCUT2D eigenvalue weighted by atomic mass is 19.4. The second-order valence-electron chi connectivity index (χ2n) is 3.18. The van der Waals surface area contributed by atoms with Gasteiger partial charge in [0.15, 0.2) is 5.83 Å². The molecule has 27 heavy (non-hydrogen) atoms. The van der Waals surface area contributed by atoms with Crippen LogP contribution in [0, 0.1) is 0 Å². The van der Waals surface area contributed by atoms with Crippen molar-refractivity contribution in [2.24, 2.45) is 0 Å². The monoisotopic (exact) mass is 438 g/mol. The molecule has 0 atom stereocenters. The maximum atomic E-state index is 10.9.